The molecule has 4 heterocycles. The van der Waals surface area contributed by atoms with E-state index in [9.17, 15) is 0 Å². The van der Waals surface area contributed by atoms with Crippen molar-refractivity contribution in [2.24, 2.45) is 0 Å². The van der Waals surface area contributed by atoms with Crippen LogP contribution in [0.15, 0.2) is 91.4 Å². The van der Waals surface area contributed by atoms with Crippen molar-refractivity contribution in [2.45, 2.75) is 26.9 Å². The maximum atomic E-state index is 6.55. The van der Waals surface area contributed by atoms with E-state index in [2.05, 4.69) is 64.5 Å². The third-order valence-corrected chi connectivity index (χ3v) is 6.70. The number of nitrogens with one attached hydrogen (secondary N) is 1. The van der Waals surface area contributed by atoms with Gasteiger partial charge in [0.2, 0.25) is 0 Å². The lowest BCUT2D eigenvalue weighted by atomic mass is 9.96. The van der Waals surface area contributed by atoms with Gasteiger partial charge in [-0.25, -0.2) is 14.5 Å². The maximum absolute atomic E-state index is 6.55. The molecular formula is C30H26BN7. The van der Waals surface area contributed by atoms with Crippen molar-refractivity contribution < 1.29 is 0 Å². The number of imidazole rings is 1. The Morgan fingerprint density at radius 2 is 1.68 bits per heavy atom. The third-order valence-electron chi connectivity index (χ3n) is 6.70. The highest BCUT2D eigenvalue weighted by Gasteiger charge is 2.18. The van der Waals surface area contributed by atoms with E-state index in [0.29, 0.717) is 13.1 Å². The molecule has 0 aliphatic rings. The Kier molecular flexibility index (Phi) is 6.31. The summed E-state index contributed by atoms with van der Waals surface area (Å²) in [5.74, 6) is 0.761. The molecule has 0 bridgehead atoms. The molecule has 6 rings (SSSR count). The van der Waals surface area contributed by atoms with Crippen molar-refractivity contribution in [3.63, 3.8) is 0 Å². The zero-order valence-electron chi connectivity index (χ0n) is 21.3. The van der Waals surface area contributed by atoms with E-state index in [0.717, 1.165) is 39.8 Å². The smallest absolute Gasteiger partial charge is 0.183 e. The van der Waals surface area contributed by atoms with Gasteiger partial charge < -0.3 is 9.79 Å². The number of rotatable bonds is 7. The molecule has 6 aromatic rings. The Labute approximate surface area is 222 Å². The van der Waals surface area contributed by atoms with Crippen molar-refractivity contribution in [3.8, 4) is 33.8 Å². The van der Waals surface area contributed by atoms with Crippen molar-refractivity contribution in [3.05, 3.63) is 114 Å². The number of hydrogen-bond donors (Lipinski definition) is 1. The number of benzene rings is 2. The van der Waals surface area contributed by atoms with Gasteiger partial charge in [0.1, 0.15) is 12.2 Å². The predicted octanol–water partition coefficient (Wildman–Crippen LogP) is 5.55. The van der Waals surface area contributed by atoms with Crippen molar-refractivity contribution >= 4 is 13.6 Å². The quantitative estimate of drug-likeness (QED) is 0.294. The zero-order valence-corrected chi connectivity index (χ0v) is 21.3. The summed E-state index contributed by atoms with van der Waals surface area (Å²) in [7, 11) is 6.55. The van der Waals surface area contributed by atoms with Gasteiger partial charge in [0.15, 0.2) is 13.6 Å². The number of nitrogens with zero attached hydrogens (tertiary/aromatic N) is 6. The Morgan fingerprint density at radius 3 is 2.53 bits per heavy atom. The van der Waals surface area contributed by atoms with Crippen LogP contribution in [-0.2, 0) is 13.1 Å². The third kappa shape index (κ3) is 4.74. The summed E-state index contributed by atoms with van der Waals surface area (Å²) >= 11 is 0. The molecule has 0 aliphatic carbocycles. The molecule has 2 aromatic carbocycles. The van der Waals surface area contributed by atoms with Crippen LogP contribution in [0.4, 0.5) is 0 Å². The average molecular weight is 495 g/mol. The number of fused-ring (bicyclic) bond motifs is 1. The molecule has 0 unspecified atom stereocenters. The minimum atomic E-state index is 0.444. The monoisotopic (exact) mass is 495 g/mol. The molecule has 0 saturated carbocycles. The Bertz CT molecular complexity index is 1720. The summed E-state index contributed by atoms with van der Waals surface area (Å²) in [4.78, 5) is 19.2. The predicted molar refractivity (Wildman–Crippen MR) is 150 cm³/mol. The van der Waals surface area contributed by atoms with Crippen LogP contribution >= 0.6 is 0 Å². The van der Waals surface area contributed by atoms with Crippen LogP contribution in [-0.4, -0.2) is 42.3 Å². The zero-order chi connectivity index (χ0) is 26.1. The second-order valence-corrected chi connectivity index (χ2v) is 9.41. The molecule has 0 saturated heterocycles. The van der Waals surface area contributed by atoms with E-state index in [-0.39, 0.29) is 0 Å². The number of aryl methyl sites for hydroxylation is 1. The standard InChI is InChI=1S/C30H26BN7/c1-20-8-6-13-26(34-20)30-29(24-14-15-28-32-19-33-38(28)17-24)35-27(36-30)18-37(31)16-23-11-7-12-25(21(23)2)22-9-4-3-5-10-22/h3-15,17,19H,16,18H2,1-2H3,(H,35,36). The number of pyridine rings is 2. The molecule has 0 spiro atoms. The van der Waals surface area contributed by atoms with Crippen LogP contribution in [0.3, 0.4) is 0 Å². The van der Waals surface area contributed by atoms with Gasteiger partial charge in [-0.2, -0.15) is 5.10 Å². The molecule has 7 nitrogen and oxygen atoms in total. The van der Waals surface area contributed by atoms with E-state index in [1.54, 1.807) is 15.7 Å². The Morgan fingerprint density at radius 1 is 0.842 bits per heavy atom. The van der Waals surface area contributed by atoms with Gasteiger partial charge >= 0.3 is 0 Å². The Balaban J connectivity index is 1.31. The molecular weight excluding hydrogens is 469 g/mol. The molecule has 4 aromatic heterocycles. The number of H-pyrrole nitrogens is 1. The fourth-order valence-electron chi connectivity index (χ4n) is 4.78. The van der Waals surface area contributed by atoms with Crippen LogP contribution in [0.5, 0.6) is 0 Å². The lowest BCUT2D eigenvalue weighted by Crippen LogP contribution is -2.20. The van der Waals surface area contributed by atoms with Crippen LogP contribution in [0.2, 0.25) is 0 Å². The first-order valence-corrected chi connectivity index (χ1v) is 12.5. The van der Waals surface area contributed by atoms with Gasteiger partial charge in [0, 0.05) is 30.5 Å². The summed E-state index contributed by atoms with van der Waals surface area (Å²) < 4.78 is 1.74. The highest BCUT2D eigenvalue weighted by Crippen LogP contribution is 2.30. The number of aromatic amines is 1. The van der Waals surface area contributed by atoms with E-state index < -0.39 is 0 Å². The lowest BCUT2D eigenvalue weighted by molar-refractivity contribution is 0.431. The van der Waals surface area contributed by atoms with Gasteiger partial charge in [-0.15, -0.1) is 0 Å². The number of aromatic nitrogens is 6. The molecule has 0 fully saturated rings. The van der Waals surface area contributed by atoms with Gasteiger partial charge in [-0.1, -0.05) is 54.6 Å². The number of hydrogen-bond acceptors (Lipinski definition) is 5. The van der Waals surface area contributed by atoms with E-state index >= 15 is 0 Å². The van der Waals surface area contributed by atoms with Gasteiger partial charge in [0.05, 0.1) is 17.1 Å². The second kappa shape index (κ2) is 10.1. The minimum absolute atomic E-state index is 0.444. The summed E-state index contributed by atoms with van der Waals surface area (Å²) in [6.07, 6.45) is 3.47. The summed E-state index contributed by atoms with van der Waals surface area (Å²) in [5, 5.41) is 4.28. The van der Waals surface area contributed by atoms with Crippen molar-refractivity contribution in [1.82, 2.24) is 34.4 Å². The molecule has 184 valence electrons. The summed E-state index contributed by atoms with van der Waals surface area (Å²) in [6.45, 7) is 5.17. The molecule has 1 N–H and O–H groups in total. The first kappa shape index (κ1) is 23.8. The average Bonchev–Trinajstić information content (AvgIpc) is 3.57. The summed E-state index contributed by atoms with van der Waals surface area (Å²) in [5.41, 5.74) is 9.92. The van der Waals surface area contributed by atoms with E-state index in [1.165, 1.54) is 22.3 Å². The molecule has 0 aliphatic heterocycles. The van der Waals surface area contributed by atoms with Crippen LogP contribution in [0.25, 0.3) is 39.4 Å². The van der Waals surface area contributed by atoms with Crippen LogP contribution in [0.1, 0.15) is 22.6 Å². The molecule has 8 heteroatoms. The highest BCUT2D eigenvalue weighted by molar-refractivity contribution is 6.04. The van der Waals surface area contributed by atoms with Gasteiger partial charge in [0.25, 0.3) is 0 Å². The molecule has 2 radical (unpaired) electrons. The fraction of sp³-hybridized carbons (Fsp3) is 0.133. The minimum Gasteiger partial charge on any atom is -0.344 e. The van der Waals surface area contributed by atoms with Gasteiger partial charge in [-0.3, -0.25) is 4.98 Å². The maximum Gasteiger partial charge on any atom is 0.183 e. The SMILES string of the molecule is [B]N(Cc1nc(-c2ccc3ncnn3c2)c(-c2cccc(C)n2)[nH]1)Cc1cccc(-c2ccccc2)c1C. The first-order chi connectivity index (χ1) is 18.5. The van der Waals surface area contributed by atoms with E-state index in [1.807, 2.05) is 49.5 Å². The second-order valence-electron chi connectivity index (χ2n) is 9.41. The molecule has 0 amide bonds. The van der Waals surface area contributed by atoms with Gasteiger partial charge in [-0.05, 0) is 60.4 Å². The molecule has 38 heavy (non-hydrogen) atoms. The lowest BCUT2D eigenvalue weighted by Gasteiger charge is -2.19. The fourth-order valence-corrected chi connectivity index (χ4v) is 4.78. The van der Waals surface area contributed by atoms with Crippen molar-refractivity contribution in [2.75, 3.05) is 0 Å². The van der Waals surface area contributed by atoms with E-state index in [4.69, 9.17) is 17.9 Å². The Hall–Kier alpha value is -4.56. The normalized spacial score (nSPS) is 11.4. The van der Waals surface area contributed by atoms with Crippen LogP contribution in [0, 0.1) is 13.8 Å². The van der Waals surface area contributed by atoms with Crippen molar-refractivity contribution in [1.29, 1.82) is 0 Å². The topological polar surface area (TPSA) is 75.0 Å². The summed E-state index contributed by atoms with van der Waals surface area (Å²) in [6, 6.07) is 26.7. The largest absolute Gasteiger partial charge is 0.344 e. The van der Waals surface area contributed by atoms with Crippen LogP contribution < -0.4 is 0 Å². The highest BCUT2D eigenvalue weighted by atomic mass is 15.3. The first-order valence-electron chi connectivity index (χ1n) is 12.5. The molecule has 0 atom stereocenters.